The third-order valence-corrected chi connectivity index (χ3v) is 3.61. The van der Waals surface area contributed by atoms with E-state index in [0.717, 1.165) is 25.1 Å². The SMILES string of the molecule is CCCNC1CCN(c2cc(OC)ccc2Cl)C1=O. The molecule has 1 aromatic rings. The summed E-state index contributed by atoms with van der Waals surface area (Å²) < 4.78 is 5.18. The Hall–Kier alpha value is -1.26. The number of anilines is 1. The van der Waals surface area contributed by atoms with Gasteiger partial charge in [0, 0.05) is 12.6 Å². The molecule has 0 saturated carbocycles. The molecular formula is C14H19ClN2O2. The Labute approximate surface area is 118 Å². The van der Waals surface area contributed by atoms with Crippen molar-refractivity contribution in [1.82, 2.24) is 5.32 Å². The Kier molecular flexibility index (Phi) is 4.66. The van der Waals surface area contributed by atoms with Crippen LogP contribution >= 0.6 is 11.6 Å². The van der Waals surface area contributed by atoms with E-state index in [1.165, 1.54) is 0 Å². The number of nitrogens with one attached hydrogen (secondary N) is 1. The molecule has 1 fully saturated rings. The van der Waals surface area contributed by atoms with Crippen LogP contribution in [0.15, 0.2) is 18.2 Å². The molecule has 1 heterocycles. The zero-order chi connectivity index (χ0) is 13.8. The van der Waals surface area contributed by atoms with Gasteiger partial charge in [0.1, 0.15) is 5.75 Å². The average molecular weight is 283 g/mol. The summed E-state index contributed by atoms with van der Waals surface area (Å²) in [4.78, 5) is 14.1. The molecule has 2 rings (SSSR count). The number of hydrogen-bond donors (Lipinski definition) is 1. The predicted molar refractivity (Wildman–Crippen MR) is 77.1 cm³/mol. The van der Waals surface area contributed by atoms with E-state index >= 15 is 0 Å². The number of rotatable bonds is 5. The number of carbonyl (C=O) groups is 1. The van der Waals surface area contributed by atoms with E-state index in [-0.39, 0.29) is 11.9 Å². The van der Waals surface area contributed by atoms with Crippen LogP contribution in [-0.2, 0) is 4.79 Å². The number of ether oxygens (including phenoxy) is 1. The third-order valence-electron chi connectivity index (χ3n) is 3.29. The number of halogens is 1. The molecular weight excluding hydrogens is 264 g/mol. The molecule has 4 nitrogen and oxygen atoms in total. The van der Waals surface area contributed by atoms with Crippen molar-refractivity contribution in [1.29, 1.82) is 0 Å². The van der Waals surface area contributed by atoms with Crippen molar-refractivity contribution in [2.45, 2.75) is 25.8 Å². The van der Waals surface area contributed by atoms with Crippen LogP contribution in [0.5, 0.6) is 5.75 Å². The van der Waals surface area contributed by atoms with Gasteiger partial charge in [-0.15, -0.1) is 0 Å². The molecule has 19 heavy (non-hydrogen) atoms. The smallest absolute Gasteiger partial charge is 0.244 e. The van der Waals surface area contributed by atoms with Crippen molar-refractivity contribution in [2.75, 3.05) is 25.1 Å². The van der Waals surface area contributed by atoms with Gasteiger partial charge in [0.05, 0.1) is 23.9 Å². The van der Waals surface area contributed by atoms with Crippen LogP contribution < -0.4 is 15.0 Å². The Bertz CT molecular complexity index is 465. The summed E-state index contributed by atoms with van der Waals surface area (Å²) in [5.41, 5.74) is 0.729. The first kappa shape index (κ1) is 14.2. The maximum Gasteiger partial charge on any atom is 0.244 e. The molecule has 1 amide bonds. The van der Waals surface area contributed by atoms with Crippen molar-refractivity contribution in [3.8, 4) is 5.75 Å². The van der Waals surface area contributed by atoms with E-state index in [0.29, 0.717) is 17.3 Å². The van der Waals surface area contributed by atoms with Gasteiger partial charge in [0.25, 0.3) is 0 Å². The van der Waals surface area contributed by atoms with Crippen molar-refractivity contribution >= 4 is 23.2 Å². The Morgan fingerprint density at radius 3 is 3.00 bits per heavy atom. The first-order valence-electron chi connectivity index (χ1n) is 6.55. The molecule has 1 atom stereocenters. The second kappa shape index (κ2) is 6.26. The van der Waals surface area contributed by atoms with Gasteiger partial charge >= 0.3 is 0 Å². The molecule has 1 aromatic carbocycles. The Morgan fingerprint density at radius 2 is 2.32 bits per heavy atom. The lowest BCUT2D eigenvalue weighted by molar-refractivity contribution is -0.118. The quantitative estimate of drug-likeness (QED) is 0.902. The lowest BCUT2D eigenvalue weighted by Crippen LogP contribution is -2.38. The number of carbonyl (C=O) groups excluding carboxylic acids is 1. The van der Waals surface area contributed by atoms with Crippen LogP contribution in [0.25, 0.3) is 0 Å². The molecule has 1 N–H and O–H groups in total. The van der Waals surface area contributed by atoms with Crippen LogP contribution in [0.3, 0.4) is 0 Å². The first-order chi connectivity index (χ1) is 9.17. The second-order valence-electron chi connectivity index (χ2n) is 4.60. The highest BCUT2D eigenvalue weighted by Crippen LogP contribution is 2.32. The van der Waals surface area contributed by atoms with Crippen LogP contribution in [0.2, 0.25) is 5.02 Å². The fraction of sp³-hybridized carbons (Fsp3) is 0.500. The summed E-state index contributed by atoms with van der Waals surface area (Å²) in [7, 11) is 1.60. The predicted octanol–water partition coefficient (Wildman–Crippen LogP) is 2.45. The molecule has 0 aromatic heterocycles. The molecule has 0 bridgehead atoms. The van der Waals surface area contributed by atoms with E-state index in [2.05, 4.69) is 12.2 Å². The second-order valence-corrected chi connectivity index (χ2v) is 5.01. The molecule has 0 radical (unpaired) electrons. The zero-order valence-electron chi connectivity index (χ0n) is 11.3. The molecule has 1 aliphatic heterocycles. The number of nitrogens with zero attached hydrogens (tertiary/aromatic N) is 1. The fourth-order valence-corrected chi connectivity index (χ4v) is 2.47. The van der Waals surface area contributed by atoms with E-state index in [1.807, 2.05) is 6.07 Å². The van der Waals surface area contributed by atoms with Crippen molar-refractivity contribution in [3.63, 3.8) is 0 Å². The topological polar surface area (TPSA) is 41.6 Å². The summed E-state index contributed by atoms with van der Waals surface area (Å²) in [5, 5.41) is 3.84. The average Bonchev–Trinajstić information content (AvgIpc) is 2.78. The molecule has 0 aliphatic carbocycles. The van der Waals surface area contributed by atoms with Gasteiger partial charge in [-0.1, -0.05) is 18.5 Å². The van der Waals surface area contributed by atoms with Crippen LogP contribution in [0.4, 0.5) is 5.69 Å². The van der Waals surface area contributed by atoms with Gasteiger partial charge in [-0.05, 0) is 31.5 Å². The van der Waals surface area contributed by atoms with Crippen molar-refractivity contribution < 1.29 is 9.53 Å². The number of hydrogen-bond acceptors (Lipinski definition) is 3. The number of methoxy groups -OCH3 is 1. The normalized spacial score (nSPS) is 19.0. The van der Waals surface area contributed by atoms with Crippen molar-refractivity contribution in [3.05, 3.63) is 23.2 Å². The minimum absolute atomic E-state index is 0.0867. The zero-order valence-corrected chi connectivity index (χ0v) is 12.0. The van der Waals surface area contributed by atoms with E-state index in [4.69, 9.17) is 16.3 Å². The van der Waals surface area contributed by atoms with Gasteiger partial charge in [-0.2, -0.15) is 0 Å². The monoisotopic (exact) mass is 282 g/mol. The first-order valence-corrected chi connectivity index (χ1v) is 6.93. The Morgan fingerprint density at radius 1 is 1.53 bits per heavy atom. The highest BCUT2D eigenvalue weighted by molar-refractivity contribution is 6.34. The van der Waals surface area contributed by atoms with Gasteiger partial charge < -0.3 is 15.0 Å². The van der Waals surface area contributed by atoms with Crippen LogP contribution in [-0.4, -0.2) is 32.1 Å². The van der Waals surface area contributed by atoms with E-state index in [1.54, 1.807) is 24.1 Å². The standard InChI is InChI=1S/C14H19ClN2O2/c1-3-7-16-12-6-8-17(14(12)18)13-9-10(19-2)4-5-11(13)15/h4-5,9,12,16H,3,6-8H2,1-2H3. The minimum atomic E-state index is -0.0952. The number of benzene rings is 1. The number of amides is 1. The fourth-order valence-electron chi connectivity index (χ4n) is 2.25. The molecule has 104 valence electrons. The van der Waals surface area contributed by atoms with Gasteiger partial charge in [0.15, 0.2) is 0 Å². The van der Waals surface area contributed by atoms with Gasteiger partial charge in [0.2, 0.25) is 5.91 Å². The Balaban J connectivity index is 2.17. The summed E-state index contributed by atoms with van der Waals surface area (Å²) in [5.74, 6) is 0.792. The van der Waals surface area contributed by atoms with Crippen LogP contribution in [0, 0.1) is 0 Å². The lowest BCUT2D eigenvalue weighted by atomic mass is 10.2. The maximum absolute atomic E-state index is 12.3. The molecule has 1 aliphatic rings. The largest absolute Gasteiger partial charge is 0.497 e. The summed E-state index contributed by atoms with van der Waals surface area (Å²) >= 11 is 6.18. The van der Waals surface area contributed by atoms with Gasteiger partial charge in [-0.3, -0.25) is 4.79 Å². The lowest BCUT2D eigenvalue weighted by Gasteiger charge is -2.19. The summed E-state index contributed by atoms with van der Waals surface area (Å²) in [6.45, 7) is 3.63. The molecule has 5 heteroatoms. The minimum Gasteiger partial charge on any atom is -0.497 e. The highest BCUT2D eigenvalue weighted by Gasteiger charge is 2.33. The highest BCUT2D eigenvalue weighted by atomic mass is 35.5. The van der Waals surface area contributed by atoms with Crippen molar-refractivity contribution in [2.24, 2.45) is 0 Å². The van der Waals surface area contributed by atoms with E-state index in [9.17, 15) is 4.79 Å². The molecule has 1 unspecified atom stereocenters. The van der Waals surface area contributed by atoms with Crippen LogP contribution in [0.1, 0.15) is 19.8 Å². The van der Waals surface area contributed by atoms with Gasteiger partial charge in [-0.25, -0.2) is 0 Å². The third kappa shape index (κ3) is 3.01. The maximum atomic E-state index is 12.3. The molecule has 0 spiro atoms. The molecule has 1 saturated heterocycles. The summed E-state index contributed by atoms with van der Waals surface area (Å²) in [6.07, 6.45) is 1.83. The van der Waals surface area contributed by atoms with E-state index < -0.39 is 0 Å². The summed E-state index contributed by atoms with van der Waals surface area (Å²) in [6, 6.07) is 5.26.